The van der Waals surface area contributed by atoms with Gasteiger partial charge in [-0.3, -0.25) is 0 Å². The highest BCUT2D eigenvalue weighted by atomic mass is 32.2. The average Bonchev–Trinajstić information content (AvgIpc) is 2.99. The summed E-state index contributed by atoms with van der Waals surface area (Å²) in [6, 6.07) is 1.57. The van der Waals surface area contributed by atoms with Crippen molar-refractivity contribution in [3.8, 4) is 0 Å². The third-order valence-corrected chi connectivity index (χ3v) is 6.41. The molecule has 0 aliphatic heterocycles. The molecule has 7 heteroatoms. The summed E-state index contributed by atoms with van der Waals surface area (Å²) in [6.45, 7) is 2.68. The van der Waals surface area contributed by atoms with Crippen LogP contribution in [0, 0.1) is 5.41 Å². The molecule has 1 aromatic rings. The van der Waals surface area contributed by atoms with Gasteiger partial charge in [0.2, 0.25) is 10.0 Å². The topological polar surface area (TPSA) is 81.4 Å². The third-order valence-electron chi connectivity index (χ3n) is 5.09. The van der Waals surface area contributed by atoms with Crippen LogP contribution in [-0.4, -0.2) is 32.3 Å². The number of nitrogens with one attached hydrogen (secondary N) is 1. The van der Waals surface area contributed by atoms with Crippen molar-refractivity contribution in [1.29, 1.82) is 0 Å². The molecule has 3 rings (SSSR count). The van der Waals surface area contributed by atoms with Gasteiger partial charge < -0.3 is 9.26 Å². The Labute approximate surface area is 131 Å². The van der Waals surface area contributed by atoms with E-state index in [0.29, 0.717) is 12.3 Å². The zero-order valence-electron chi connectivity index (χ0n) is 13.0. The summed E-state index contributed by atoms with van der Waals surface area (Å²) in [4.78, 5) is 0. The van der Waals surface area contributed by atoms with Crippen molar-refractivity contribution in [3.05, 3.63) is 18.0 Å². The third kappa shape index (κ3) is 3.07. The number of nitrogens with zero attached hydrogens (tertiary/aromatic N) is 1. The highest BCUT2D eigenvalue weighted by molar-refractivity contribution is 7.88. The second-order valence-corrected chi connectivity index (χ2v) is 8.15. The van der Waals surface area contributed by atoms with E-state index in [1.54, 1.807) is 6.07 Å². The van der Waals surface area contributed by atoms with Gasteiger partial charge >= 0.3 is 0 Å². The number of hydrogen-bond acceptors (Lipinski definition) is 5. The molecule has 0 radical (unpaired) electrons. The Hall–Kier alpha value is -0.920. The van der Waals surface area contributed by atoms with Gasteiger partial charge in [-0.05, 0) is 26.2 Å². The van der Waals surface area contributed by atoms with Gasteiger partial charge in [-0.2, -0.15) is 0 Å². The highest BCUT2D eigenvalue weighted by Crippen LogP contribution is 2.53. The van der Waals surface area contributed by atoms with E-state index in [4.69, 9.17) is 9.26 Å². The van der Waals surface area contributed by atoms with E-state index < -0.39 is 10.0 Å². The van der Waals surface area contributed by atoms with Gasteiger partial charge in [-0.1, -0.05) is 24.4 Å². The van der Waals surface area contributed by atoms with E-state index in [0.717, 1.165) is 32.1 Å². The van der Waals surface area contributed by atoms with Crippen molar-refractivity contribution < 1.29 is 17.7 Å². The maximum atomic E-state index is 12.4. The van der Waals surface area contributed by atoms with E-state index in [-0.39, 0.29) is 23.3 Å². The predicted octanol–water partition coefficient (Wildman–Crippen LogP) is 2.22. The van der Waals surface area contributed by atoms with Crippen LogP contribution in [0.1, 0.15) is 51.1 Å². The monoisotopic (exact) mass is 328 g/mol. The van der Waals surface area contributed by atoms with Gasteiger partial charge in [0.25, 0.3) is 0 Å². The SMILES string of the molecule is CCO[C@H]1C[C@H](NS(=O)(=O)Cc2ccon2)C12CCCCC2. The largest absolute Gasteiger partial charge is 0.378 e. The fourth-order valence-corrected chi connectivity index (χ4v) is 5.38. The van der Waals surface area contributed by atoms with Crippen molar-refractivity contribution in [2.24, 2.45) is 5.41 Å². The molecule has 0 amide bonds. The van der Waals surface area contributed by atoms with Gasteiger partial charge in [-0.15, -0.1) is 0 Å². The molecule has 0 saturated heterocycles. The summed E-state index contributed by atoms with van der Waals surface area (Å²) in [5.74, 6) is -0.130. The summed E-state index contributed by atoms with van der Waals surface area (Å²) in [7, 11) is -3.41. The lowest BCUT2D eigenvalue weighted by Crippen LogP contribution is -2.65. The van der Waals surface area contributed by atoms with Gasteiger partial charge in [0, 0.05) is 24.1 Å². The van der Waals surface area contributed by atoms with Crippen molar-refractivity contribution >= 4 is 10.0 Å². The van der Waals surface area contributed by atoms with Crippen molar-refractivity contribution in [2.75, 3.05) is 6.61 Å². The van der Waals surface area contributed by atoms with Gasteiger partial charge in [0.1, 0.15) is 12.0 Å². The molecule has 2 fully saturated rings. The summed E-state index contributed by atoms with van der Waals surface area (Å²) in [5.41, 5.74) is 0.427. The van der Waals surface area contributed by atoms with Crippen molar-refractivity contribution in [3.63, 3.8) is 0 Å². The Bertz CT molecular complexity index is 579. The van der Waals surface area contributed by atoms with Crippen LogP contribution in [0.15, 0.2) is 16.9 Å². The molecule has 124 valence electrons. The summed E-state index contributed by atoms with van der Waals surface area (Å²) >= 11 is 0. The molecular formula is C15H24N2O4S. The summed E-state index contributed by atoms with van der Waals surface area (Å²) in [6.07, 6.45) is 8.00. The molecule has 1 N–H and O–H groups in total. The first kappa shape index (κ1) is 16.0. The van der Waals surface area contributed by atoms with Crippen molar-refractivity contribution in [1.82, 2.24) is 9.88 Å². The van der Waals surface area contributed by atoms with E-state index in [1.165, 1.54) is 12.7 Å². The van der Waals surface area contributed by atoms with Crippen molar-refractivity contribution in [2.45, 2.75) is 63.3 Å². The normalized spacial score (nSPS) is 27.7. The number of ether oxygens (including phenoxy) is 1. The standard InChI is InChI=1S/C15H24N2O4S/c1-2-20-14-10-13(15(14)7-4-3-5-8-15)17-22(18,19)11-12-6-9-21-16-12/h6,9,13-14,17H,2-5,7-8,10-11H2,1H3/t13-,14-/m0/s1. The number of aromatic nitrogens is 1. The Balaban J connectivity index is 1.68. The van der Waals surface area contributed by atoms with Gasteiger partial charge in [-0.25, -0.2) is 13.1 Å². The van der Waals surface area contributed by atoms with E-state index in [1.807, 2.05) is 6.92 Å². The zero-order chi connectivity index (χ0) is 15.6. The summed E-state index contributed by atoms with van der Waals surface area (Å²) < 4.78 is 38.2. The zero-order valence-corrected chi connectivity index (χ0v) is 13.8. The Kier molecular flexibility index (Phi) is 4.56. The maximum Gasteiger partial charge on any atom is 0.217 e. The van der Waals surface area contributed by atoms with Crippen LogP contribution < -0.4 is 4.72 Å². The lowest BCUT2D eigenvalue weighted by atomic mass is 9.55. The fraction of sp³-hybridized carbons (Fsp3) is 0.800. The first-order chi connectivity index (χ1) is 10.6. The smallest absolute Gasteiger partial charge is 0.217 e. The molecule has 6 nitrogen and oxygen atoms in total. The van der Waals surface area contributed by atoms with Crippen LogP contribution in [-0.2, 0) is 20.5 Å². The lowest BCUT2D eigenvalue weighted by Gasteiger charge is -2.57. The average molecular weight is 328 g/mol. The van der Waals surface area contributed by atoms with E-state index in [2.05, 4.69) is 9.88 Å². The first-order valence-corrected chi connectivity index (χ1v) is 9.72. The quantitative estimate of drug-likeness (QED) is 0.866. The Morgan fingerprint density at radius 1 is 1.41 bits per heavy atom. The maximum absolute atomic E-state index is 12.4. The minimum Gasteiger partial charge on any atom is -0.378 e. The van der Waals surface area contributed by atoms with Crippen LogP contribution in [0.4, 0.5) is 0 Å². The lowest BCUT2D eigenvalue weighted by molar-refractivity contribution is -0.144. The van der Waals surface area contributed by atoms with Crippen LogP contribution in [0.2, 0.25) is 0 Å². The highest BCUT2D eigenvalue weighted by Gasteiger charge is 2.56. The van der Waals surface area contributed by atoms with Crippen LogP contribution in [0.3, 0.4) is 0 Å². The minimum absolute atomic E-state index is 0.00878. The van der Waals surface area contributed by atoms with Crippen LogP contribution in [0.25, 0.3) is 0 Å². The number of sulfonamides is 1. The molecule has 2 atom stereocenters. The predicted molar refractivity (Wildman–Crippen MR) is 81.6 cm³/mol. The first-order valence-electron chi connectivity index (χ1n) is 8.06. The summed E-state index contributed by atoms with van der Waals surface area (Å²) in [5, 5.41) is 3.68. The molecule has 2 aliphatic rings. The molecule has 22 heavy (non-hydrogen) atoms. The van der Waals surface area contributed by atoms with E-state index in [9.17, 15) is 8.42 Å². The molecule has 1 aromatic heterocycles. The molecule has 0 bridgehead atoms. The number of rotatable bonds is 6. The molecule has 2 saturated carbocycles. The Morgan fingerprint density at radius 2 is 2.18 bits per heavy atom. The number of hydrogen-bond donors (Lipinski definition) is 1. The van der Waals surface area contributed by atoms with Crippen LogP contribution in [0.5, 0.6) is 0 Å². The molecule has 0 unspecified atom stereocenters. The fourth-order valence-electron chi connectivity index (χ4n) is 3.99. The molecule has 1 heterocycles. The molecule has 1 spiro atoms. The van der Waals surface area contributed by atoms with Gasteiger partial charge in [0.15, 0.2) is 0 Å². The second-order valence-electron chi connectivity index (χ2n) is 6.39. The molecular weight excluding hydrogens is 304 g/mol. The van der Waals surface area contributed by atoms with E-state index >= 15 is 0 Å². The molecule has 2 aliphatic carbocycles. The van der Waals surface area contributed by atoms with Gasteiger partial charge in [0.05, 0.1) is 11.8 Å². The second kappa shape index (κ2) is 6.29. The Morgan fingerprint density at radius 3 is 2.82 bits per heavy atom. The minimum atomic E-state index is -3.41. The molecule has 0 aromatic carbocycles. The van der Waals surface area contributed by atoms with Crippen LogP contribution >= 0.6 is 0 Å².